The molecule has 1 aliphatic heterocycles. The molecule has 1 atom stereocenters. The van der Waals surface area contributed by atoms with Gasteiger partial charge in [0.15, 0.2) is 15.5 Å². The predicted octanol–water partition coefficient (Wildman–Crippen LogP) is 0.565. The van der Waals surface area contributed by atoms with Gasteiger partial charge in [0.2, 0.25) is 5.91 Å². The van der Waals surface area contributed by atoms with E-state index in [9.17, 15) is 18.0 Å². The predicted molar refractivity (Wildman–Crippen MR) is 107 cm³/mol. The molecular formula is C19H24N4O5S. The second-order valence-corrected chi connectivity index (χ2v) is 9.30. The van der Waals surface area contributed by atoms with Crippen LogP contribution in [0.2, 0.25) is 0 Å². The third kappa shape index (κ3) is 4.76. The van der Waals surface area contributed by atoms with Gasteiger partial charge in [0.25, 0.3) is 5.91 Å². The summed E-state index contributed by atoms with van der Waals surface area (Å²) in [6.07, 6.45) is 1.65. The topological polar surface area (TPSA) is 111 Å². The van der Waals surface area contributed by atoms with Gasteiger partial charge in [-0.15, -0.1) is 0 Å². The first-order valence-electron chi connectivity index (χ1n) is 9.21. The third-order valence-corrected chi connectivity index (χ3v) is 6.39. The molecule has 29 heavy (non-hydrogen) atoms. The first-order valence-corrected chi connectivity index (χ1v) is 11.0. The van der Waals surface area contributed by atoms with Crippen LogP contribution in [0.25, 0.3) is 5.69 Å². The zero-order valence-corrected chi connectivity index (χ0v) is 17.4. The monoisotopic (exact) mass is 420 g/mol. The number of hydrogen-bond donors (Lipinski definition) is 1. The number of carbonyl (C=O) groups excluding carboxylic acids is 2. The van der Waals surface area contributed by atoms with Crippen molar-refractivity contribution in [3.8, 4) is 11.4 Å². The van der Waals surface area contributed by atoms with Crippen molar-refractivity contribution in [3.63, 3.8) is 0 Å². The smallest absolute Gasteiger partial charge is 0.272 e. The summed E-state index contributed by atoms with van der Waals surface area (Å²) < 4.78 is 29.9. The first-order chi connectivity index (χ1) is 13.7. The van der Waals surface area contributed by atoms with Crippen LogP contribution in [0.15, 0.2) is 30.5 Å². The van der Waals surface area contributed by atoms with E-state index in [1.54, 1.807) is 31.0 Å². The van der Waals surface area contributed by atoms with Crippen LogP contribution in [0, 0.1) is 6.92 Å². The van der Waals surface area contributed by atoms with Crippen molar-refractivity contribution in [1.29, 1.82) is 0 Å². The largest absolute Gasteiger partial charge is 0.494 e. The quantitative estimate of drug-likeness (QED) is 0.757. The van der Waals surface area contributed by atoms with Crippen molar-refractivity contribution in [2.45, 2.75) is 19.9 Å². The third-order valence-electron chi connectivity index (χ3n) is 4.78. The lowest BCUT2D eigenvalue weighted by molar-refractivity contribution is -0.132. The van der Waals surface area contributed by atoms with E-state index in [0.29, 0.717) is 11.4 Å². The van der Waals surface area contributed by atoms with E-state index in [4.69, 9.17) is 4.74 Å². The summed E-state index contributed by atoms with van der Waals surface area (Å²) in [5, 5.41) is 6.93. The highest BCUT2D eigenvalue weighted by Gasteiger charge is 2.29. The summed E-state index contributed by atoms with van der Waals surface area (Å²) in [4.78, 5) is 26.5. The Morgan fingerprint density at radius 2 is 1.90 bits per heavy atom. The van der Waals surface area contributed by atoms with Gasteiger partial charge in [-0.2, -0.15) is 5.10 Å². The van der Waals surface area contributed by atoms with Gasteiger partial charge in [-0.05, 0) is 37.6 Å². The van der Waals surface area contributed by atoms with Crippen LogP contribution in [0.1, 0.15) is 23.0 Å². The molecule has 1 aromatic carbocycles. The Morgan fingerprint density at radius 3 is 2.55 bits per heavy atom. The van der Waals surface area contributed by atoms with Crippen LogP contribution >= 0.6 is 0 Å². The number of nitrogens with one attached hydrogen (secondary N) is 1. The Morgan fingerprint density at radius 1 is 1.21 bits per heavy atom. The molecule has 156 valence electrons. The first kappa shape index (κ1) is 20.8. The van der Waals surface area contributed by atoms with Crippen LogP contribution in [0.4, 0.5) is 0 Å². The molecule has 9 nitrogen and oxygen atoms in total. The highest BCUT2D eigenvalue weighted by atomic mass is 32.2. The molecule has 0 spiro atoms. The number of sulfone groups is 1. The zero-order valence-electron chi connectivity index (χ0n) is 16.6. The molecule has 10 heteroatoms. The maximum Gasteiger partial charge on any atom is 0.272 e. The van der Waals surface area contributed by atoms with Gasteiger partial charge in [-0.1, -0.05) is 6.07 Å². The zero-order chi connectivity index (χ0) is 21.2. The summed E-state index contributed by atoms with van der Waals surface area (Å²) in [5.74, 6) is -0.285. The number of ether oxygens (including phenoxy) is 1. The Labute approximate surface area is 169 Å². The molecular weight excluding hydrogens is 396 g/mol. The van der Waals surface area contributed by atoms with E-state index in [1.165, 1.54) is 4.90 Å². The van der Waals surface area contributed by atoms with Crippen LogP contribution in [-0.2, 0) is 14.6 Å². The summed E-state index contributed by atoms with van der Waals surface area (Å²) in [5.41, 5.74) is 1.88. The van der Waals surface area contributed by atoms with Gasteiger partial charge < -0.3 is 15.0 Å². The number of nitrogens with zero attached hydrogens (tertiary/aromatic N) is 3. The highest BCUT2D eigenvalue weighted by Crippen LogP contribution is 2.23. The molecule has 2 heterocycles. The molecule has 2 amide bonds. The molecule has 1 saturated heterocycles. The lowest BCUT2D eigenvalue weighted by Crippen LogP contribution is -2.51. The minimum atomic E-state index is -3.08. The van der Waals surface area contributed by atoms with E-state index in [-0.39, 0.29) is 36.2 Å². The van der Waals surface area contributed by atoms with Crippen LogP contribution in [-0.4, -0.2) is 72.7 Å². The number of hydrogen-bond acceptors (Lipinski definition) is 6. The average Bonchev–Trinajstić information content (AvgIpc) is 3.17. The molecule has 0 radical (unpaired) electrons. The SMILES string of the molecule is COc1ccc(C)cc1-n1ccc(C(=O)NC(C)C(=O)N2CCS(=O)(=O)CC2)n1. The average molecular weight is 420 g/mol. The summed E-state index contributed by atoms with van der Waals surface area (Å²) in [6.45, 7) is 3.80. The number of amides is 2. The molecule has 1 aromatic heterocycles. The second kappa shape index (κ2) is 8.24. The number of aryl methyl sites for hydroxylation is 1. The van der Waals surface area contributed by atoms with E-state index in [0.717, 1.165) is 5.56 Å². The van der Waals surface area contributed by atoms with E-state index >= 15 is 0 Å². The Bertz CT molecular complexity index is 1020. The Kier molecular flexibility index (Phi) is 5.92. The number of carbonyl (C=O) groups is 2. The summed E-state index contributed by atoms with van der Waals surface area (Å²) >= 11 is 0. The fourth-order valence-corrected chi connectivity index (χ4v) is 4.30. The van der Waals surface area contributed by atoms with Gasteiger partial charge in [0, 0.05) is 19.3 Å². The molecule has 0 saturated carbocycles. The normalized spacial score (nSPS) is 16.9. The fourth-order valence-electron chi connectivity index (χ4n) is 3.10. The van der Waals surface area contributed by atoms with Gasteiger partial charge in [-0.3, -0.25) is 9.59 Å². The van der Waals surface area contributed by atoms with E-state index in [1.807, 2.05) is 25.1 Å². The van der Waals surface area contributed by atoms with Crippen molar-refractivity contribution in [3.05, 3.63) is 41.7 Å². The van der Waals surface area contributed by atoms with Gasteiger partial charge in [0.1, 0.15) is 17.5 Å². The van der Waals surface area contributed by atoms with E-state index in [2.05, 4.69) is 10.4 Å². The lowest BCUT2D eigenvalue weighted by atomic mass is 10.2. The minimum Gasteiger partial charge on any atom is -0.494 e. The van der Waals surface area contributed by atoms with Crippen molar-refractivity contribution in [2.24, 2.45) is 0 Å². The lowest BCUT2D eigenvalue weighted by Gasteiger charge is -2.29. The summed E-state index contributed by atoms with van der Waals surface area (Å²) in [7, 11) is -1.52. The Balaban J connectivity index is 1.67. The van der Waals surface area contributed by atoms with Crippen molar-refractivity contribution < 1.29 is 22.7 Å². The van der Waals surface area contributed by atoms with Crippen LogP contribution in [0.5, 0.6) is 5.75 Å². The van der Waals surface area contributed by atoms with Gasteiger partial charge in [-0.25, -0.2) is 13.1 Å². The maximum absolute atomic E-state index is 12.5. The van der Waals surface area contributed by atoms with Crippen molar-refractivity contribution in [1.82, 2.24) is 20.0 Å². The van der Waals surface area contributed by atoms with E-state index < -0.39 is 21.8 Å². The van der Waals surface area contributed by atoms with Crippen LogP contribution in [0.3, 0.4) is 0 Å². The maximum atomic E-state index is 12.5. The van der Waals surface area contributed by atoms with Crippen molar-refractivity contribution >= 4 is 21.7 Å². The number of rotatable bonds is 5. The molecule has 1 N–H and O–H groups in total. The highest BCUT2D eigenvalue weighted by molar-refractivity contribution is 7.91. The van der Waals surface area contributed by atoms with Gasteiger partial charge >= 0.3 is 0 Å². The second-order valence-electron chi connectivity index (χ2n) is 6.99. The molecule has 0 aliphatic carbocycles. The minimum absolute atomic E-state index is 0.0534. The summed E-state index contributed by atoms with van der Waals surface area (Å²) in [6, 6.07) is 6.40. The number of aromatic nitrogens is 2. The molecule has 1 aliphatic rings. The molecule has 0 bridgehead atoms. The fraction of sp³-hybridized carbons (Fsp3) is 0.421. The number of benzene rings is 1. The number of methoxy groups -OCH3 is 1. The molecule has 1 unspecified atom stereocenters. The molecule has 1 fully saturated rings. The van der Waals surface area contributed by atoms with Gasteiger partial charge in [0.05, 0.1) is 18.6 Å². The van der Waals surface area contributed by atoms with Crippen molar-refractivity contribution in [2.75, 3.05) is 31.7 Å². The standard InChI is InChI=1S/C19H24N4O5S/c1-13-4-5-17(28-3)16(12-13)23-7-6-15(21-23)18(24)20-14(2)19(25)22-8-10-29(26,27)11-9-22/h4-7,12,14H,8-11H2,1-3H3,(H,20,24). The molecule has 3 rings (SSSR count). The van der Waals surface area contributed by atoms with Crippen LogP contribution < -0.4 is 10.1 Å². The Hall–Kier alpha value is -2.88. The molecule has 2 aromatic rings.